The van der Waals surface area contributed by atoms with Crippen molar-refractivity contribution >= 4 is 71.5 Å². The van der Waals surface area contributed by atoms with E-state index in [0.29, 0.717) is 10.1 Å². The van der Waals surface area contributed by atoms with Gasteiger partial charge < -0.3 is 0 Å². The summed E-state index contributed by atoms with van der Waals surface area (Å²) in [5.41, 5.74) is 0. The van der Waals surface area contributed by atoms with Crippen molar-refractivity contribution in [2.24, 2.45) is 0 Å². The Morgan fingerprint density at radius 2 is 0.730 bits per heavy atom. The van der Waals surface area contributed by atoms with E-state index in [1.807, 2.05) is 0 Å². The van der Waals surface area contributed by atoms with E-state index >= 15 is 0 Å². The maximum atomic E-state index is 2.74. The van der Waals surface area contributed by atoms with Gasteiger partial charge in [-0.15, -0.1) is 0 Å². The van der Waals surface area contributed by atoms with E-state index in [1.54, 1.807) is 31.1 Å². The molecule has 0 aromatic heterocycles. The maximum Gasteiger partial charge on any atom is 1.00 e. The van der Waals surface area contributed by atoms with E-state index in [0.717, 1.165) is 0 Å². The summed E-state index contributed by atoms with van der Waals surface area (Å²) in [6.45, 7) is 45.9. The first kappa shape index (κ1) is 40.1. The van der Waals surface area contributed by atoms with Crippen LogP contribution in [0.25, 0.3) is 0 Å². The molecule has 2 aromatic carbocycles. The first-order valence-electron chi connectivity index (χ1n) is 13.8. The Morgan fingerprint density at radius 3 is 0.919 bits per heavy atom. The second kappa shape index (κ2) is 12.6. The van der Waals surface area contributed by atoms with Crippen LogP contribution in [0.2, 0.25) is 88.6 Å². The molecule has 0 heterocycles. The Hall–Kier alpha value is 3.06. The summed E-state index contributed by atoms with van der Waals surface area (Å²) < 4.78 is 0. The molecule has 37 heavy (non-hydrogen) atoms. The summed E-state index contributed by atoms with van der Waals surface area (Å²) in [4.78, 5) is 0. The van der Waals surface area contributed by atoms with Crippen molar-refractivity contribution in [1.29, 1.82) is 0 Å². The topological polar surface area (TPSA) is 0 Å². The third kappa shape index (κ3) is 8.16. The van der Waals surface area contributed by atoms with Crippen molar-refractivity contribution in [3.63, 3.8) is 0 Å². The van der Waals surface area contributed by atoms with Crippen LogP contribution in [0.15, 0.2) is 24.3 Å². The van der Waals surface area contributed by atoms with E-state index in [9.17, 15) is 0 Å². The summed E-state index contributed by atoms with van der Waals surface area (Å²) in [5.74, 6) is 0. The van der Waals surface area contributed by atoms with E-state index in [1.165, 1.54) is 0 Å². The van der Waals surface area contributed by atoms with Crippen LogP contribution in [0.4, 0.5) is 0 Å². The Labute approximate surface area is 323 Å². The normalized spacial score (nSPS) is 14.3. The van der Waals surface area contributed by atoms with Gasteiger partial charge in [-0.2, -0.15) is 32.9 Å². The van der Waals surface area contributed by atoms with Crippen molar-refractivity contribution in [1.82, 2.24) is 0 Å². The molecule has 0 unspecified atom stereocenters. The van der Waals surface area contributed by atoms with Gasteiger partial charge in [0, 0.05) is 0 Å². The summed E-state index contributed by atoms with van der Waals surface area (Å²) in [5, 5.41) is 11.2. The van der Waals surface area contributed by atoms with Gasteiger partial charge in [-0.25, -0.2) is 22.5 Å². The quantitative estimate of drug-likeness (QED) is 0.320. The molecule has 200 valence electrons. The Kier molecular flexibility index (Phi) is 13.6. The standard InChI is InChI=1S/C30H58Si5.2K/c1-29(2,3)34(15,16)23-19-25(31(7,8)9)27(21-23)33(13,14)28-22-24(20-26(28)32(10,11)12)35(17,18)30(4,5)6;;/h19-22H,1-18H3;;/q-2;2*+1. The minimum Gasteiger partial charge on any atom is -0.214 e. The van der Waals surface area contributed by atoms with Crippen LogP contribution in [0.3, 0.4) is 0 Å². The Morgan fingerprint density at radius 1 is 0.486 bits per heavy atom. The van der Waals surface area contributed by atoms with Crippen LogP contribution in [-0.4, -0.2) is 40.4 Å². The molecule has 0 atom stereocenters. The average molecular weight is 637 g/mol. The maximum absolute atomic E-state index is 2.74. The van der Waals surface area contributed by atoms with Crippen molar-refractivity contribution in [3.05, 3.63) is 24.3 Å². The molecule has 0 aliphatic rings. The van der Waals surface area contributed by atoms with Gasteiger partial charge in [0.1, 0.15) is 0 Å². The van der Waals surface area contributed by atoms with E-state index in [2.05, 4.69) is 144 Å². The molecule has 0 aliphatic carbocycles. The van der Waals surface area contributed by atoms with Gasteiger partial charge in [0.25, 0.3) is 0 Å². The van der Waals surface area contributed by atoms with Crippen molar-refractivity contribution in [2.75, 3.05) is 0 Å². The zero-order valence-electron chi connectivity index (χ0n) is 28.8. The summed E-state index contributed by atoms with van der Waals surface area (Å²) >= 11 is 0. The second-order valence-electron chi connectivity index (χ2n) is 17.0. The monoisotopic (exact) mass is 636 g/mol. The molecular formula is C30H58K2Si5. The molecule has 0 amide bonds. The van der Waals surface area contributed by atoms with Crippen LogP contribution in [-0.2, 0) is 0 Å². The average Bonchev–Trinajstić information content (AvgIpc) is 3.25. The number of hydrogen-bond donors (Lipinski definition) is 0. The first-order valence-corrected chi connectivity index (χ1v) is 29.8. The first-order chi connectivity index (χ1) is 15.2. The fraction of sp³-hybridized carbons (Fsp3) is 0.667. The van der Waals surface area contributed by atoms with Crippen molar-refractivity contribution in [2.45, 2.75) is 130 Å². The minimum atomic E-state index is -1.88. The van der Waals surface area contributed by atoms with Gasteiger partial charge in [0.15, 0.2) is 0 Å². The zero-order valence-corrected chi connectivity index (χ0v) is 40.1. The SMILES string of the molecule is CC(C)(C)[Si](C)(C)c1cc([Si](C)(C)c2cc([Si](C)(C)C(C)(C)C)[cH-]c2[Si](C)(C)C)c([Si](C)(C)C)[cH-]1.[K+].[K+]. The molecule has 7 heteroatoms. The molecule has 0 bridgehead atoms. The minimum absolute atomic E-state index is 0. The molecule has 0 fully saturated rings. The van der Waals surface area contributed by atoms with Crippen LogP contribution >= 0.6 is 0 Å². The zero-order chi connectivity index (χ0) is 27.8. The summed E-state index contributed by atoms with van der Waals surface area (Å²) in [7, 11) is -8.03. The van der Waals surface area contributed by atoms with Gasteiger partial charge in [-0.1, -0.05) is 120 Å². The molecular weight excluding hydrogens is 579 g/mol. The molecule has 0 saturated heterocycles. The van der Waals surface area contributed by atoms with Crippen LogP contribution in [0.1, 0.15) is 41.5 Å². The molecule has 0 spiro atoms. The van der Waals surface area contributed by atoms with Crippen LogP contribution in [0.5, 0.6) is 0 Å². The van der Waals surface area contributed by atoms with Gasteiger partial charge in [0.05, 0.1) is 32.3 Å². The molecule has 0 aliphatic heterocycles. The smallest absolute Gasteiger partial charge is 0.214 e. The number of rotatable bonds is 6. The van der Waals surface area contributed by atoms with Crippen LogP contribution < -0.4 is 134 Å². The predicted octanol–water partition coefficient (Wildman–Crippen LogP) is 0.476. The van der Waals surface area contributed by atoms with Gasteiger partial charge in [-0.3, -0.25) is 0 Å². The number of hydrogen-bond acceptors (Lipinski definition) is 0. The fourth-order valence-corrected chi connectivity index (χ4v) is 19.2. The van der Waals surface area contributed by atoms with Gasteiger partial charge >= 0.3 is 103 Å². The largest absolute Gasteiger partial charge is 1.00 e. The second-order valence-corrected chi connectivity index (χ2v) is 42.1. The Balaban J connectivity index is 0.00000648. The van der Waals surface area contributed by atoms with Crippen molar-refractivity contribution < 1.29 is 103 Å². The van der Waals surface area contributed by atoms with Gasteiger partial charge in [0.2, 0.25) is 0 Å². The molecule has 0 radical (unpaired) electrons. The third-order valence-electron chi connectivity index (χ3n) is 9.94. The summed E-state index contributed by atoms with van der Waals surface area (Å²) in [6, 6.07) is 10.9. The molecule has 2 rings (SSSR count). The predicted molar refractivity (Wildman–Crippen MR) is 180 cm³/mol. The fourth-order valence-electron chi connectivity index (χ4n) is 5.02. The Bertz CT molecular complexity index is 975. The molecule has 0 N–H and O–H groups in total. The third-order valence-corrected chi connectivity index (χ3v) is 29.0. The van der Waals surface area contributed by atoms with E-state index < -0.39 is 40.4 Å². The van der Waals surface area contributed by atoms with Gasteiger partial charge in [-0.05, 0) is 18.2 Å². The molecule has 2 aromatic rings. The molecule has 0 saturated carbocycles. The van der Waals surface area contributed by atoms with Crippen molar-refractivity contribution in [3.8, 4) is 0 Å². The summed E-state index contributed by atoms with van der Waals surface area (Å²) in [6.07, 6.45) is 0. The molecule has 0 nitrogen and oxygen atoms in total. The van der Waals surface area contributed by atoms with E-state index in [4.69, 9.17) is 0 Å². The van der Waals surface area contributed by atoms with Crippen LogP contribution in [0, 0.1) is 0 Å². The van der Waals surface area contributed by atoms with E-state index in [-0.39, 0.29) is 103 Å².